The second kappa shape index (κ2) is 3.41. The molecule has 0 amide bonds. The zero-order valence-electron chi connectivity index (χ0n) is 10.0. The highest BCUT2D eigenvalue weighted by Gasteiger charge is 2.21. The van der Waals surface area contributed by atoms with Crippen LogP contribution in [0.3, 0.4) is 0 Å². The largest absolute Gasteiger partial charge is 0.302 e. The second-order valence-corrected chi connectivity index (χ2v) is 5.85. The maximum atomic E-state index is 12.5. The maximum absolute atomic E-state index is 12.5. The van der Waals surface area contributed by atoms with Crippen LogP contribution in [0.25, 0.3) is 16.0 Å². The molecule has 92 valence electrons. The van der Waals surface area contributed by atoms with Gasteiger partial charge in [0.05, 0.1) is 5.39 Å². The number of nitrogens with zero attached hydrogens (tertiary/aromatic N) is 4. The molecular formula is C12H12N4OS. The Bertz CT molecular complexity index is 826. The Balaban J connectivity index is 2.22. The van der Waals surface area contributed by atoms with Crippen LogP contribution in [0.2, 0.25) is 0 Å². The Hall–Kier alpha value is -1.69. The highest BCUT2D eigenvalue weighted by Crippen LogP contribution is 2.33. The molecule has 3 aromatic heterocycles. The van der Waals surface area contributed by atoms with Gasteiger partial charge in [0.1, 0.15) is 11.2 Å². The molecule has 6 heteroatoms. The summed E-state index contributed by atoms with van der Waals surface area (Å²) in [7, 11) is 1.86. The summed E-state index contributed by atoms with van der Waals surface area (Å²) in [6.45, 7) is 0. The Kier molecular flexibility index (Phi) is 1.94. The molecule has 0 unspecified atom stereocenters. The second-order valence-electron chi connectivity index (χ2n) is 4.76. The molecule has 0 aromatic carbocycles. The third-order valence-corrected chi connectivity index (χ3v) is 4.79. The van der Waals surface area contributed by atoms with E-state index in [4.69, 9.17) is 0 Å². The van der Waals surface area contributed by atoms with Crippen molar-refractivity contribution in [3.8, 4) is 0 Å². The van der Waals surface area contributed by atoms with Crippen molar-refractivity contribution in [2.24, 2.45) is 7.05 Å². The third-order valence-electron chi connectivity index (χ3n) is 3.61. The number of aromatic nitrogens is 4. The van der Waals surface area contributed by atoms with E-state index in [0.717, 1.165) is 23.1 Å². The van der Waals surface area contributed by atoms with Crippen LogP contribution in [0.5, 0.6) is 0 Å². The average molecular weight is 260 g/mol. The Morgan fingerprint density at radius 3 is 3.06 bits per heavy atom. The molecule has 0 bridgehead atoms. The predicted molar refractivity (Wildman–Crippen MR) is 70.3 cm³/mol. The molecule has 0 aliphatic heterocycles. The predicted octanol–water partition coefficient (Wildman–Crippen LogP) is 1.52. The quantitative estimate of drug-likeness (QED) is 0.616. The lowest BCUT2D eigenvalue weighted by molar-refractivity contribution is 0.699. The van der Waals surface area contributed by atoms with E-state index in [9.17, 15) is 4.79 Å². The van der Waals surface area contributed by atoms with Crippen LogP contribution in [-0.2, 0) is 19.9 Å². The van der Waals surface area contributed by atoms with E-state index in [-0.39, 0.29) is 5.56 Å². The average Bonchev–Trinajstić information content (AvgIpc) is 2.92. The van der Waals surface area contributed by atoms with Gasteiger partial charge in [-0.15, -0.1) is 11.3 Å². The molecule has 0 saturated carbocycles. The van der Waals surface area contributed by atoms with E-state index < -0.39 is 0 Å². The van der Waals surface area contributed by atoms with Crippen molar-refractivity contribution in [2.75, 3.05) is 0 Å². The van der Waals surface area contributed by atoms with Gasteiger partial charge in [-0.05, 0) is 31.2 Å². The normalized spacial score (nSPS) is 15.4. The van der Waals surface area contributed by atoms with Crippen LogP contribution in [0, 0.1) is 0 Å². The van der Waals surface area contributed by atoms with Gasteiger partial charge in [-0.2, -0.15) is 9.61 Å². The molecule has 5 nitrogen and oxygen atoms in total. The molecule has 1 aliphatic carbocycles. The summed E-state index contributed by atoms with van der Waals surface area (Å²) < 4.78 is 3.18. The Morgan fingerprint density at radius 1 is 1.33 bits per heavy atom. The topological polar surface area (TPSA) is 52.2 Å². The van der Waals surface area contributed by atoms with E-state index in [0.29, 0.717) is 5.78 Å². The molecule has 18 heavy (non-hydrogen) atoms. The first kappa shape index (κ1) is 10.3. The highest BCUT2D eigenvalue weighted by molar-refractivity contribution is 7.18. The first-order chi connectivity index (χ1) is 8.75. The van der Waals surface area contributed by atoms with E-state index in [1.165, 1.54) is 27.8 Å². The Labute approximate surface area is 107 Å². The fraction of sp³-hybridized carbons (Fsp3) is 0.417. The summed E-state index contributed by atoms with van der Waals surface area (Å²) in [5.41, 5.74) is 1.20. The fourth-order valence-electron chi connectivity index (χ4n) is 2.70. The van der Waals surface area contributed by atoms with Gasteiger partial charge in [-0.3, -0.25) is 4.79 Å². The summed E-state index contributed by atoms with van der Waals surface area (Å²) in [6, 6.07) is 0. The molecular weight excluding hydrogens is 248 g/mol. The van der Waals surface area contributed by atoms with Crippen LogP contribution < -0.4 is 5.56 Å². The van der Waals surface area contributed by atoms with Gasteiger partial charge in [0.15, 0.2) is 0 Å². The molecule has 0 fully saturated rings. The van der Waals surface area contributed by atoms with Gasteiger partial charge in [0.25, 0.3) is 5.56 Å². The van der Waals surface area contributed by atoms with Gasteiger partial charge in [0.2, 0.25) is 5.78 Å². The lowest BCUT2D eigenvalue weighted by Crippen LogP contribution is -2.16. The summed E-state index contributed by atoms with van der Waals surface area (Å²) in [5, 5.41) is 4.90. The minimum atomic E-state index is -0.0185. The third kappa shape index (κ3) is 1.18. The molecule has 0 radical (unpaired) electrons. The molecule has 1 aliphatic rings. The van der Waals surface area contributed by atoms with Crippen molar-refractivity contribution in [1.29, 1.82) is 0 Å². The van der Waals surface area contributed by atoms with Gasteiger partial charge in [0, 0.05) is 11.9 Å². The molecule has 4 rings (SSSR count). The molecule has 0 atom stereocenters. The molecule has 3 aromatic rings. The molecule has 0 saturated heterocycles. The van der Waals surface area contributed by atoms with Gasteiger partial charge < -0.3 is 4.57 Å². The van der Waals surface area contributed by atoms with Gasteiger partial charge in [-0.25, -0.2) is 4.98 Å². The lowest BCUT2D eigenvalue weighted by atomic mass is 9.97. The van der Waals surface area contributed by atoms with Gasteiger partial charge >= 0.3 is 0 Å². The summed E-state index contributed by atoms with van der Waals surface area (Å²) >= 11 is 1.68. The van der Waals surface area contributed by atoms with E-state index in [1.54, 1.807) is 22.2 Å². The van der Waals surface area contributed by atoms with Crippen molar-refractivity contribution in [3.05, 3.63) is 27.1 Å². The zero-order chi connectivity index (χ0) is 12.3. The van der Waals surface area contributed by atoms with E-state index in [1.807, 2.05) is 7.05 Å². The maximum Gasteiger partial charge on any atom is 0.284 e. The van der Waals surface area contributed by atoms with Crippen LogP contribution in [0.1, 0.15) is 23.3 Å². The minimum Gasteiger partial charge on any atom is -0.302 e. The van der Waals surface area contributed by atoms with Gasteiger partial charge in [-0.1, -0.05) is 0 Å². The number of aryl methyl sites for hydroxylation is 3. The van der Waals surface area contributed by atoms with Crippen LogP contribution in [-0.4, -0.2) is 19.2 Å². The Morgan fingerprint density at radius 2 is 2.17 bits per heavy atom. The number of thiophene rings is 1. The number of hydrogen-bond donors (Lipinski definition) is 0. The summed E-state index contributed by atoms with van der Waals surface area (Å²) in [5.74, 6) is 0.617. The van der Waals surface area contributed by atoms with Crippen molar-refractivity contribution in [1.82, 2.24) is 19.2 Å². The monoisotopic (exact) mass is 260 g/mol. The number of rotatable bonds is 0. The number of hydrogen-bond acceptors (Lipinski definition) is 4. The van der Waals surface area contributed by atoms with Crippen molar-refractivity contribution < 1.29 is 0 Å². The minimum absolute atomic E-state index is 0.0185. The van der Waals surface area contributed by atoms with Crippen molar-refractivity contribution in [3.63, 3.8) is 0 Å². The molecule has 3 heterocycles. The summed E-state index contributed by atoms with van der Waals surface area (Å²) in [6.07, 6.45) is 6.11. The first-order valence-electron chi connectivity index (χ1n) is 6.10. The van der Waals surface area contributed by atoms with E-state index in [2.05, 4.69) is 10.1 Å². The van der Waals surface area contributed by atoms with E-state index >= 15 is 0 Å². The number of fused-ring (bicyclic) bond motifs is 4. The molecule has 0 spiro atoms. The smallest absolute Gasteiger partial charge is 0.284 e. The molecule has 0 N–H and O–H groups in total. The van der Waals surface area contributed by atoms with Crippen LogP contribution >= 0.6 is 11.3 Å². The zero-order valence-corrected chi connectivity index (χ0v) is 10.8. The first-order valence-corrected chi connectivity index (χ1v) is 6.92. The highest BCUT2D eigenvalue weighted by atomic mass is 32.1. The van der Waals surface area contributed by atoms with Crippen LogP contribution in [0.4, 0.5) is 0 Å². The van der Waals surface area contributed by atoms with Crippen LogP contribution in [0.15, 0.2) is 11.1 Å². The summed E-state index contributed by atoms with van der Waals surface area (Å²) in [4.78, 5) is 19.3. The van der Waals surface area contributed by atoms with Crippen molar-refractivity contribution >= 4 is 27.3 Å². The standard InChI is InChI=1S/C12H12N4OS/c1-15-6-13-16-11(17)9-7-4-2-3-5-8(7)18-10(9)14-12(15)16/h6H,2-5H2,1H3. The lowest BCUT2D eigenvalue weighted by Gasteiger charge is -2.09. The van der Waals surface area contributed by atoms with Crippen molar-refractivity contribution in [2.45, 2.75) is 25.7 Å². The fourth-order valence-corrected chi connectivity index (χ4v) is 3.95. The SMILES string of the molecule is Cn1cnn2c(=O)c3c4c(sc3nc12)CCCC4.